The summed E-state index contributed by atoms with van der Waals surface area (Å²) in [6.45, 7) is 0. The van der Waals surface area contributed by atoms with Crippen molar-refractivity contribution < 1.29 is 16.3 Å². The van der Waals surface area contributed by atoms with Crippen LogP contribution in [0.1, 0.15) is 5.56 Å². The fourth-order valence-corrected chi connectivity index (χ4v) is 2.27. The van der Waals surface area contributed by atoms with Gasteiger partial charge in [0, 0.05) is 0 Å². The predicted octanol–water partition coefficient (Wildman–Crippen LogP) is 0.261. The summed E-state index contributed by atoms with van der Waals surface area (Å²) >= 11 is -4.60. The Morgan fingerprint density at radius 2 is 1.75 bits per heavy atom. The van der Waals surface area contributed by atoms with E-state index < -0.39 is 20.0 Å². The molecule has 0 aliphatic rings. The Labute approximate surface area is 71.8 Å². The molecule has 0 spiro atoms. The zero-order chi connectivity index (χ0) is 9.19. The Kier molecular flexibility index (Phi) is 2.72. The Balaban J connectivity index is 2.78. The van der Waals surface area contributed by atoms with E-state index in [-0.39, 0.29) is 5.21 Å². The molecular formula is C7H8AsFO3. The third kappa shape index (κ3) is 3.22. The summed E-state index contributed by atoms with van der Waals surface area (Å²) in [4.78, 5) is 0. The van der Waals surface area contributed by atoms with Crippen molar-refractivity contribution in [2.45, 2.75) is 5.21 Å². The van der Waals surface area contributed by atoms with E-state index in [1.54, 1.807) is 0 Å². The molecule has 2 N–H and O–H groups in total. The average molecular weight is 234 g/mol. The van der Waals surface area contributed by atoms with Gasteiger partial charge in [0.25, 0.3) is 0 Å². The molecule has 0 aliphatic carbocycles. The van der Waals surface area contributed by atoms with Crippen LogP contribution < -0.4 is 0 Å². The second kappa shape index (κ2) is 3.43. The third-order valence-corrected chi connectivity index (χ3v) is 2.93. The monoisotopic (exact) mass is 234 g/mol. The Hall–Kier alpha value is -0.572. The molecule has 66 valence electrons. The van der Waals surface area contributed by atoms with Gasteiger partial charge in [-0.1, -0.05) is 0 Å². The van der Waals surface area contributed by atoms with Crippen molar-refractivity contribution >= 4 is 14.2 Å². The van der Waals surface area contributed by atoms with Crippen molar-refractivity contribution in [2.24, 2.45) is 0 Å². The summed E-state index contributed by atoms with van der Waals surface area (Å²) in [5, 5.41) is -0.279. The van der Waals surface area contributed by atoms with E-state index in [4.69, 9.17) is 8.19 Å². The molecule has 0 amide bonds. The van der Waals surface area contributed by atoms with Gasteiger partial charge < -0.3 is 0 Å². The molecule has 0 aromatic heterocycles. The first kappa shape index (κ1) is 9.52. The third-order valence-electron chi connectivity index (χ3n) is 1.30. The van der Waals surface area contributed by atoms with Crippen molar-refractivity contribution in [3.05, 3.63) is 35.6 Å². The second-order valence-electron chi connectivity index (χ2n) is 2.45. The molecule has 0 fully saturated rings. The van der Waals surface area contributed by atoms with Gasteiger partial charge in [0.05, 0.1) is 0 Å². The molecule has 3 nitrogen and oxygen atoms in total. The topological polar surface area (TPSA) is 57.5 Å². The van der Waals surface area contributed by atoms with Gasteiger partial charge in [0.1, 0.15) is 0 Å². The molecule has 1 aromatic carbocycles. The Morgan fingerprint density at radius 1 is 1.25 bits per heavy atom. The van der Waals surface area contributed by atoms with E-state index in [1.165, 1.54) is 24.3 Å². The van der Waals surface area contributed by atoms with Gasteiger partial charge in [-0.05, 0) is 0 Å². The Bertz CT molecular complexity index is 303. The minimum atomic E-state index is -4.60. The number of hydrogen-bond acceptors (Lipinski definition) is 1. The van der Waals surface area contributed by atoms with E-state index in [0.717, 1.165) is 0 Å². The van der Waals surface area contributed by atoms with E-state index in [1.807, 2.05) is 0 Å². The van der Waals surface area contributed by atoms with Crippen LogP contribution in [0.15, 0.2) is 24.3 Å². The van der Waals surface area contributed by atoms with Crippen molar-refractivity contribution in [1.29, 1.82) is 0 Å². The summed E-state index contributed by atoms with van der Waals surface area (Å²) in [7, 11) is 0. The maximum absolute atomic E-state index is 12.3. The molecule has 0 aliphatic heterocycles. The van der Waals surface area contributed by atoms with Gasteiger partial charge in [-0.3, -0.25) is 0 Å². The minimum absolute atomic E-state index is 0.279. The summed E-state index contributed by atoms with van der Waals surface area (Å²) in [5.41, 5.74) is 0.462. The normalized spacial score (nSPS) is 11.6. The van der Waals surface area contributed by atoms with Crippen LogP contribution in [0.4, 0.5) is 4.39 Å². The first-order chi connectivity index (χ1) is 5.47. The molecule has 0 bridgehead atoms. The van der Waals surface area contributed by atoms with Crippen LogP contribution in [-0.2, 0) is 8.95 Å². The van der Waals surface area contributed by atoms with Gasteiger partial charge in [-0.2, -0.15) is 0 Å². The van der Waals surface area contributed by atoms with E-state index in [9.17, 15) is 8.13 Å². The van der Waals surface area contributed by atoms with Crippen molar-refractivity contribution in [2.75, 3.05) is 0 Å². The molecule has 0 heterocycles. The molecule has 0 saturated heterocycles. The fraction of sp³-hybridized carbons (Fsp3) is 0.143. The van der Waals surface area contributed by atoms with E-state index >= 15 is 0 Å². The van der Waals surface area contributed by atoms with Crippen molar-refractivity contribution in [1.82, 2.24) is 0 Å². The molecule has 12 heavy (non-hydrogen) atoms. The average Bonchev–Trinajstić information content (AvgIpc) is 1.91. The zero-order valence-corrected chi connectivity index (χ0v) is 8.02. The molecule has 5 heteroatoms. The van der Waals surface area contributed by atoms with Crippen LogP contribution >= 0.6 is 0 Å². The summed E-state index contributed by atoms with van der Waals surface area (Å²) in [5.74, 6) is -0.406. The van der Waals surface area contributed by atoms with Crippen LogP contribution in [0, 0.1) is 5.82 Å². The van der Waals surface area contributed by atoms with Crippen molar-refractivity contribution in [3.63, 3.8) is 0 Å². The SMILES string of the molecule is O=[As](O)(O)Cc1ccc(F)cc1. The first-order valence-electron chi connectivity index (χ1n) is 3.26. The Morgan fingerprint density at radius 3 is 2.17 bits per heavy atom. The second-order valence-corrected chi connectivity index (χ2v) is 5.90. The number of hydrogen-bond donors (Lipinski definition) is 2. The number of benzene rings is 1. The summed E-state index contributed by atoms with van der Waals surface area (Å²) in [6, 6.07) is 5.10. The fourth-order valence-electron chi connectivity index (χ4n) is 0.828. The summed E-state index contributed by atoms with van der Waals surface area (Å²) in [6.07, 6.45) is 0. The maximum atomic E-state index is 12.3. The van der Waals surface area contributed by atoms with Gasteiger partial charge in [0.2, 0.25) is 0 Å². The number of halogens is 1. The van der Waals surface area contributed by atoms with Gasteiger partial charge in [-0.25, -0.2) is 0 Å². The molecule has 0 saturated carbocycles. The quantitative estimate of drug-likeness (QED) is 0.721. The van der Waals surface area contributed by atoms with Gasteiger partial charge in [0.15, 0.2) is 0 Å². The summed E-state index contributed by atoms with van der Waals surface area (Å²) < 4.78 is 40.1. The molecule has 1 aromatic rings. The molecule has 0 atom stereocenters. The first-order valence-corrected chi connectivity index (χ1v) is 7.03. The standard InChI is InChI=1S/C7H8AsFO3/c9-7-3-1-6(2-4-7)5-8(10,11)12/h1-4H,5H2,(H2,10,11,12). The van der Waals surface area contributed by atoms with Crippen LogP contribution in [-0.4, -0.2) is 22.4 Å². The van der Waals surface area contributed by atoms with E-state index in [0.29, 0.717) is 5.56 Å². The van der Waals surface area contributed by atoms with Crippen LogP contribution in [0.3, 0.4) is 0 Å². The zero-order valence-electron chi connectivity index (χ0n) is 6.14. The predicted molar refractivity (Wildman–Crippen MR) is 41.0 cm³/mol. The van der Waals surface area contributed by atoms with Crippen LogP contribution in [0.5, 0.6) is 0 Å². The van der Waals surface area contributed by atoms with Gasteiger partial charge >= 0.3 is 71.3 Å². The van der Waals surface area contributed by atoms with Crippen LogP contribution in [0.2, 0.25) is 0 Å². The van der Waals surface area contributed by atoms with Crippen molar-refractivity contribution in [3.8, 4) is 0 Å². The van der Waals surface area contributed by atoms with Crippen LogP contribution in [0.25, 0.3) is 0 Å². The molecule has 1 rings (SSSR count). The molecule has 0 radical (unpaired) electrons. The molecular weight excluding hydrogens is 226 g/mol. The number of rotatable bonds is 2. The van der Waals surface area contributed by atoms with Gasteiger partial charge in [-0.15, -0.1) is 0 Å². The van der Waals surface area contributed by atoms with E-state index in [2.05, 4.69) is 0 Å². The molecule has 0 unspecified atom stereocenters.